The highest BCUT2D eigenvalue weighted by Gasteiger charge is 2.44. The summed E-state index contributed by atoms with van der Waals surface area (Å²) in [6.07, 6.45) is 45.3. The first-order valence-electron chi connectivity index (χ1n) is 27.8. The van der Waals surface area contributed by atoms with Gasteiger partial charge in [0.05, 0.1) is 32.0 Å². The number of hydrogen-bond donors (Lipinski definition) is 6. The van der Waals surface area contributed by atoms with Crippen LogP contribution < -0.4 is 5.32 Å². The molecule has 0 aromatic carbocycles. The number of carbonyl (C=O) groups excluding carboxylic acids is 2. The molecule has 67 heavy (non-hydrogen) atoms. The van der Waals surface area contributed by atoms with Crippen LogP contribution in [0.1, 0.15) is 245 Å². The van der Waals surface area contributed by atoms with Crippen molar-refractivity contribution in [2.45, 2.75) is 288 Å². The molecule has 1 rings (SSSR count). The Morgan fingerprint density at radius 2 is 0.985 bits per heavy atom. The summed E-state index contributed by atoms with van der Waals surface area (Å²) < 4.78 is 16.6. The number of aliphatic hydroxyl groups excluding tert-OH is 5. The van der Waals surface area contributed by atoms with E-state index in [9.17, 15) is 35.1 Å². The maximum atomic E-state index is 13.0. The van der Waals surface area contributed by atoms with Crippen molar-refractivity contribution in [2.75, 3.05) is 19.8 Å². The van der Waals surface area contributed by atoms with Crippen molar-refractivity contribution < 1.29 is 49.3 Å². The normalized spacial score (nSPS) is 19.8. The second kappa shape index (κ2) is 46.3. The van der Waals surface area contributed by atoms with E-state index in [-0.39, 0.29) is 18.5 Å². The Bertz CT molecular complexity index is 1210. The van der Waals surface area contributed by atoms with Crippen molar-refractivity contribution >= 4 is 11.9 Å². The van der Waals surface area contributed by atoms with Crippen LogP contribution in [0.4, 0.5) is 0 Å². The third-order valence-corrected chi connectivity index (χ3v) is 13.0. The fraction of sp³-hybridized carbons (Fsp3) is 0.857. The number of ether oxygens (including phenoxy) is 3. The summed E-state index contributed by atoms with van der Waals surface area (Å²) in [6.45, 7) is 4.24. The zero-order valence-corrected chi connectivity index (χ0v) is 42.9. The van der Waals surface area contributed by atoms with E-state index in [1.807, 2.05) is 6.08 Å². The molecule has 0 radical (unpaired) electrons. The first-order valence-corrected chi connectivity index (χ1v) is 27.8. The van der Waals surface area contributed by atoms with Crippen molar-refractivity contribution in [3.63, 3.8) is 0 Å². The van der Waals surface area contributed by atoms with Crippen molar-refractivity contribution in [3.05, 3.63) is 36.5 Å². The average Bonchev–Trinajstić information content (AvgIpc) is 3.32. The Balaban J connectivity index is 2.11. The Morgan fingerprint density at radius 3 is 1.48 bits per heavy atom. The third-order valence-electron chi connectivity index (χ3n) is 13.0. The van der Waals surface area contributed by atoms with Crippen LogP contribution in [-0.2, 0) is 23.8 Å². The zero-order valence-electron chi connectivity index (χ0n) is 42.9. The van der Waals surface area contributed by atoms with E-state index in [0.717, 1.165) is 103 Å². The van der Waals surface area contributed by atoms with Gasteiger partial charge in [0, 0.05) is 12.8 Å². The standard InChI is InChI=1S/C56H103NO10/c1-3-5-7-9-11-13-14-15-17-21-24-28-32-36-40-44-52(61)65-45-41-37-33-29-25-22-19-16-18-20-23-27-31-35-39-43-51(60)57-48(49(59)42-38-34-30-26-12-10-8-6-4-2)47-66-56-55(64)54(63)53(62)50(46-58)67-56/h16,19,22,25,38,42,48-50,53-56,58-59,62-64H,3-15,17-18,20-21,23-24,26-37,39-41,43-47H2,1-2H3,(H,57,60)/b19-16-,25-22-,42-38+. The van der Waals surface area contributed by atoms with E-state index < -0.39 is 49.5 Å². The summed E-state index contributed by atoms with van der Waals surface area (Å²) in [7, 11) is 0. The summed E-state index contributed by atoms with van der Waals surface area (Å²) in [5.74, 6) is -0.246. The first kappa shape index (κ1) is 62.9. The number of hydrogen-bond acceptors (Lipinski definition) is 10. The molecule has 0 saturated carbocycles. The Labute approximate surface area is 409 Å². The van der Waals surface area contributed by atoms with Gasteiger partial charge >= 0.3 is 5.97 Å². The number of nitrogens with one attached hydrogen (secondary N) is 1. The molecule has 0 bridgehead atoms. The molecule has 6 N–H and O–H groups in total. The summed E-state index contributed by atoms with van der Waals surface area (Å²) >= 11 is 0. The van der Waals surface area contributed by atoms with Gasteiger partial charge in [-0.1, -0.05) is 204 Å². The number of esters is 1. The maximum absolute atomic E-state index is 13.0. The predicted octanol–water partition coefficient (Wildman–Crippen LogP) is 11.9. The number of aliphatic hydroxyl groups is 5. The highest BCUT2D eigenvalue weighted by atomic mass is 16.7. The lowest BCUT2D eigenvalue weighted by Crippen LogP contribution is -2.60. The molecule has 0 aromatic heterocycles. The minimum atomic E-state index is -1.58. The van der Waals surface area contributed by atoms with Crippen LogP contribution in [0.2, 0.25) is 0 Å². The molecule has 11 nitrogen and oxygen atoms in total. The molecule has 1 amide bonds. The molecule has 7 unspecified atom stereocenters. The minimum Gasteiger partial charge on any atom is -0.466 e. The van der Waals surface area contributed by atoms with Crippen molar-refractivity contribution in [1.29, 1.82) is 0 Å². The van der Waals surface area contributed by atoms with Crippen molar-refractivity contribution in [2.24, 2.45) is 0 Å². The van der Waals surface area contributed by atoms with Gasteiger partial charge in [-0.3, -0.25) is 9.59 Å². The fourth-order valence-corrected chi connectivity index (χ4v) is 8.54. The molecule has 1 fully saturated rings. The summed E-state index contributed by atoms with van der Waals surface area (Å²) in [4.78, 5) is 25.0. The first-order chi connectivity index (χ1) is 32.7. The lowest BCUT2D eigenvalue weighted by Gasteiger charge is -2.40. The van der Waals surface area contributed by atoms with Gasteiger partial charge in [-0.05, 0) is 64.2 Å². The van der Waals surface area contributed by atoms with Crippen LogP contribution in [0, 0.1) is 0 Å². The van der Waals surface area contributed by atoms with Gasteiger partial charge in [0.2, 0.25) is 5.91 Å². The molecule has 0 aliphatic carbocycles. The van der Waals surface area contributed by atoms with Crippen LogP contribution in [-0.4, -0.2) is 100 Å². The van der Waals surface area contributed by atoms with Crippen LogP contribution in [0.3, 0.4) is 0 Å². The molecule has 1 saturated heterocycles. The predicted molar refractivity (Wildman–Crippen MR) is 274 cm³/mol. The maximum Gasteiger partial charge on any atom is 0.305 e. The SMILES string of the molecule is CCCCCCCCC/C=C/C(O)C(COC1OC(CO)C(O)C(O)C1O)NC(=O)CCCCCCCC/C=C\C=C/CCCCCOC(=O)CCCCCCCCCCCCCCCCC. The van der Waals surface area contributed by atoms with Crippen LogP contribution >= 0.6 is 0 Å². The van der Waals surface area contributed by atoms with Gasteiger partial charge < -0.3 is 45.1 Å². The summed E-state index contributed by atoms with van der Waals surface area (Å²) in [5, 5.41) is 54.1. The van der Waals surface area contributed by atoms with Gasteiger partial charge in [0.1, 0.15) is 24.4 Å². The zero-order chi connectivity index (χ0) is 48.8. The van der Waals surface area contributed by atoms with E-state index >= 15 is 0 Å². The van der Waals surface area contributed by atoms with Crippen molar-refractivity contribution in [3.8, 4) is 0 Å². The Kier molecular flexibility index (Phi) is 43.4. The van der Waals surface area contributed by atoms with E-state index in [1.165, 1.54) is 116 Å². The van der Waals surface area contributed by atoms with E-state index in [0.29, 0.717) is 19.4 Å². The number of carbonyl (C=O) groups is 2. The molecular formula is C56H103NO10. The van der Waals surface area contributed by atoms with Gasteiger partial charge in [-0.2, -0.15) is 0 Å². The topological polar surface area (TPSA) is 175 Å². The molecule has 0 aromatic rings. The average molecular weight is 950 g/mol. The molecule has 0 spiro atoms. The lowest BCUT2D eigenvalue weighted by atomic mass is 9.99. The quantitative estimate of drug-likeness (QED) is 0.0149. The van der Waals surface area contributed by atoms with Gasteiger partial charge in [0.15, 0.2) is 6.29 Å². The number of rotatable bonds is 47. The molecule has 1 heterocycles. The second-order valence-corrected chi connectivity index (χ2v) is 19.3. The molecule has 1 aliphatic heterocycles. The summed E-state index contributed by atoms with van der Waals surface area (Å²) in [5.41, 5.74) is 0. The van der Waals surface area contributed by atoms with Gasteiger partial charge in [-0.25, -0.2) is 0 Å². The molecule has 11 heteroatoms. The molecular weight excluding hydrogens is 847 g/mol. The van der Waals surface area contributed by atoms with Gasteiger partial charge in [-0.15, -0.1) is 0 Å². The Morgan fingerprint density at radius 1 is 0.552 bits per heavy atom. The van der Waals surface area contributed by atoms with Crippen LogP contribution in [0.25, 0.3) is 0 Å². The number of unbranched alkanes of at least 4 members (excludes halogenated alkanes) is 30. The van der Waals surface area contributed by atoms with E-state index in [4.69, 9.17) is 14.2 Å². The monoisotopic (exact) mass is 950 g/mol. The van der Waals surface area contributed by atoms with Crippen LogP contribution in [0.5, 0.6) is 0 Å². The molecule has 1 aliphatic rings. The second-order valence-electron chi connectivity index (χ2n) is 19.3. The van der Waals surface area contributed by atoms with Crippen LogP contribution in [0.15, 0.2) is 36.5 Å². The van der Waals surface area contributed by atoms with Crippen molar-refractivity contribution in [1.82, 2.24) is 5.32 Å². The van der Waals surface area contributed by atoms with Gasteiger partial charge in [0.25, 0.3) is 0 Å². The minimum absolute atomic E-state index is 0.0387. The smallest absolute Gasteiger partial charge is 0.305 e. The highest BCUT2D eigenvalue weighted by Crippen LogP contribution is 2.23. The Hall–Kier alpha value is -2.12. The van der Waals surface area contributed by atoms with E-state index in [1.54, 1.807) is 6.08 Å². The largest absolute Gasteiger partial charge is 0.466 e. The van der Waals surface area contributed by atoms with E-state index in [2.05, 4.69) is 43.5 Å². The third kappa shape index (κ3) is 36.5. The number of amides is 1. The lowest BCUT2D eigenvalue weighted by molar-refractivity contribution is -0.302. The number of allylic oxidation sites excluding steroid dienone is 5. The fourth-order valence-electron chi connectivity index (χ4n) is 8.54. The molecule has 7 atom stereocenters. The summed E-state index contributed by atoms with van der Waals surface area (Å²) in [6, 6.07) is -0.825. The molecule has 392 valence electrons. The highest BCUT2D eigenvalue weighted by molar-refractivity contribution is 5.76.